The normalized spacial score (nSPS) is 12.2. The van der Waals surface area contributed by atoms with Gasteiger partial charge < -0.3 is 15.2 Å². The Balaban J connectivity index is 2.22. The number of hydrogen-bond acceptors (Lipinski definition) is 4. The van der Waals surface area contributed by atoms with E-state index in [4.69, 9.17) is 4.74 Å². The predicted molar refractivity (Wildman–Crippen MR) is 83.8 cm³/mol. The number of hydrogen-bond donors (Lipinski definition) is 3. The average Bonchev–Trinajstić information content (AvgIpc) is 3.01. The lowest BCUT2D eigenvalue weighted by molar-refractivity contribution is 0.0897. The standard InChI is InChI=1S/C16H21N3O3/c1-10(2)14(9-20)18-16(21)13-8-17-19-15(13)11-4-6-12(22-3)7-5-11/h4-8,10,14,20H,9H2,1-3H3,(H,17,19)(H,18,21). The third kappa shape index (κ3) is 3.46. The molecule has 2 rings (SSSR count). The largest absolute Gasteiger partial charge is 0.497 e. The number of aromatic nitrogens is 2. The van der Waals surface area contributed by atoms with Crippen LogP contribution in [0.4, 0.5) is 0 Å². The molecule has 6 heteroatoms. The van der Waals surface area contributed by atoms with Crippen molar-refractivity contribution in [1.29, 1.82) is 0 Å². The first-order valence-electron chi connectivity index (χ1n) is 7.16. The molecule has 0 aliphatic rings. The highest BCUT2D eigenvalue weighted by Crippen LogP contribution is 2.23. The van der Waals surface area contributed by atoms with Crippen LogP contribution in [0.15, 0.2) is 30.5 Å². The zero-order chi connectivity index (χ0) is 16.1. The number of ether oxygens (including phenoxy) is 1. The minimum absolute atomic E-state index is 0.0981. The summed E-state index contributed by atoms with van der Waals surface area (Å²) in [4.78, 5) is 12.4. The van der Waals surface area contributed by atoms with E-state index in [1.807, 2.05) is 38.1 Å². The minimum Gasteiger partial charge on any atom is -0.497 e. The van der Waals surface area contributed by atoms with Crippen LogP contribution in [-0.4, -0.2) is 41.0 Å². The van der Waals surface area contributed by atoms with Gasteiger partial charge in [0.15, 0.2) is 0 Å². The number of H-pyrrole nitrogens is 1. The lowest BCUT2D eigenvalue weighted by Gasteiger charge is -2.19. The molecular formula is C16H21N3O3. The highest BCUT2D eigenvalue weighted by Gasteiger charge is 2.20. The van der Waals surface area contributed by atoms with E-state index in [0.29, 0.717) is 11.3 Å². The Morgan fingerprint density at radius 1 is 1.36 bits per heavy atom. The molecule has 0 bridgehead atoms. The molecule has 22 heavy (non-hydrogen) atoms. The number of rotatable bonds is 6. The number of aromatic amines is 1. The Morgan fingerprint density at radius 3 is 2.59 bits per heavy atom. The lowest BCUT2D eigenvalue weighted by Crippen LogP contribution is -2.41. The second kappa shape index (κ2) is 7.09. The highest BCUT2D eigenvalue weighted by molar-refractivity contribution is 5.99. The summed E-state index contributed by atoms with van der Waals surface area (Å²) in [5.74, 6) is 0.632. The molecule has 1 aromatic carbocycles. The van der Waals surface area contributed by atoms with Crippen LogP contribution in [0.1, 0.15) is 24.2 Å². The second-order valence-electron chi connectivity index (χ2n) is 5.39. The van der Waals surface area contributed by atoms with Gasteiger partial charge in [0.2, 0.25) is 0 Å². The summed E-state index contributed by atoms with van der Waals surface area (Å²) in [6.07, 6.45) is 1.49. The summed E-state index contributed by atoms with van der Waals surface area (Å²) in [5, 5.41) is 19.0. The van der Waals surface area contributed by atoms with Gasteiger partial charge in [-0.15, -0.1) is 0 Å². The maximum absolute atomic E-state index is 12.4. The molecular weight excluding hydrogens is 282 g/mol. The minimum atomic E-state index is -0.286. The third-order valence-electron chi connectivity index (χ3n) is 3.58. The highest BCUT2D eigenvalue weighted by atomic mass is 16.5. The molecule has 3 N–H and O–H groups in total. The molecule has 1 atom stereocenters. The number of methoxy groups -OCH3 is 1. The van der Waals surface area contributed by atoms with Gasteiger partial charge in [-0.2, -0.15) is 5.10 Å². The smallest absolute Gasteiger partial charge is 0.255 e. The fourth-order valence-electron chi connectivity index (χ4n) is 2.11. The monoisotopic (exact) mass is 303 g/mol. The Kier molecular flexibility index (Phi) is 5.16. The number of aliphatic hydroxyl groups excluding tert-OH is 1. The molecule has 1 amide bonds. The Morgan fingerprint density at radius 2 is 2.05 bits per heavy atom. The number of aliphatic hydroxyl groups is 1. The molecule has 118 valence electrons. The molecule has 0 radical (unpaired) electrons. The molecule has 1 heterocycles. The number of benzene rings is 1. The van der Waals surface area contributed by atoms with E-state index in [0.717, 1.165) is 11.3 Å². The molecule has 0 fully saturated rings. The fraction of sp³-hybridized carbons (Fsp3) is 0.375. The first-order valence-corrected chi connectivity index (χ1v) is 7.16. The van der Waals surface area contributed by atoms with Crippen molar-refractivity contribution in [2.45, 2.75) is 19.9 Å². The van der Waals surface area contributed by atoms with Crippen LogP contribution in [0.25, 0.3) is 11.3 Å². The van der Waals surface area contributed by atoms with Crippen LogP contribution < -0.4 is 10.1 Å². The molecule has 0 saturated heterocycles. The molecule has 0 aliphatic heterocycles. The summed E-state index contributed by atoms with van der Waals surface area (Å²) in [6.45, 7) is 3.79. The SMILES string of the molecule is COc1ccc(-c2[nH]ncc2C(=O)NC(CO)C(C)C)cc1. The first kappa shape index (κ1) is 16.0. The number of carbonyl (C=O) groups excluding carboxylic acids is 1. The van der Waals surface area contributed by atoms with Crippen LogP contribution in [0, 0.1) is 5.92 Å². The van der Waals surface area contributed by atoms with E-state index >= 15 is 0 Å². The second-order valence-corrected chi connectivity index (χ2v) is 5.39. The van der Waals surface area contributed by atoms with Crippen LogP contribution in [0.3, 0.4) is 0 Å². The van der Waals surface area contributed by atoms with Gasteiger partial charge in [0.05, 0.1) is 37.2 Å². The van der Waals surface area contributed by atoms with Crippen LogP contribution in [-0.2, 0) is 0 Å². The van der Waals surface area contributed by atoms with Gasteiger partial charge >= 0.3 is 0 Å². The Labute approximate surface area is 129 Å². The van der Waals surface area contributed by atoms with Crippen molar-refractivity contribution >= 4 is 5.91 Å². The fourth-order valence-corrected chi connectivity index (χ4v) is 2.11. The summed E-state index contributed by atoms with van der Waals surface area (Å²) < 4.78 is 5.12. The van der Waals surface area contributed by atoms with Crippen LogP contribution in [0.2, 0.25) is 0 Å². The third-order valence-corrected chi connectivity index (χ3v) is 3.58. The zero-order valence-corrected chi connectivity index (χ0v) is 13.0. The maximum Gasteiger partial charge on any atom is 0.255 e. The molecule has 0 aliphatic carbocycles. The van der Waals surface area contributed by atoms with Crippen LogP contribution >= 0.6 is 0 Å². The lowest BCUT2D eigenvalue weighted by atomic mass is 10.0. The molecule has 2 aromatic rings. The van der Waals surface area contributed by atoms with Crippen molar-refractivity contribution in [3.8, 4) is 17.0 Å². The summed E-state index contributed by atoms with van der Waals surface area (Å²) in [7, 11) is 1.60. The molecule has 1 aromatic heterocycles. The quantitative estimate of drug-likeness (QED) is 0.760. The van der Waals surface area contributed by atoms with Crippen molar-refractivity contribution in [3.05, 3.63) is 36.0 Å². The number of amides is 1. The van der Waals surface area contributed by atoms with Gasteiger partial charge in [-0.05, 0) is 30.2 Å². The van der Waals surface area contributed by atoms with Gasteiger partial charge in [0.25, 0.3) is 5.91 Å². The van der Waals surface area contributed by atoms with Gasteiger partial charge in [0.1, 0.15) is 5.75 Å². The van der Waals surface area contributed by atoms with Gasteiger partial charge in [-0.1, -0.05) is 13.8 Å². The van der Waals surface area contributed by atoms with Crippen LogP contribution in [0.5, 0.6) is 5.75 Å². The van der Waals surface area contributed by atoms with Crippen molar-refractivity contribution in [2.24, 2.45) is 5.92 Å². The molecule has 0 saturated carbocycles. The van der Waals surface area contributed by atoms with E-state index in [9.17, 15) is 9.90 Å². The Bertz CT molecular complexity index is 620. The Hall–Kier alpha value is -2.34. The molecule has 6 nitrogen and oxygen atoms in total. The van der Waals surface area contributed by atoms with E-state index in [1.54, 1.807) is 7.11 Å². The first-order chi connectivity index (χ1) is 10.6. The van der Waals surface area contributed by atoms with E-state index in [-0.39, 0.29) is 24.5 Å². The number of nitrogens with one attached hydrogen (secondary N) is 2. The van der Waals surface area contributed by atoms with Crippen molar-refractivity contribution < 1.29 is 14.6 Å². The maximum atomic E-state index is 12.4. The van der Waals surface area contributed by atoms with E-state index < -0.39 is 0 Å². The summed E-state index contributed by atoms with van der Waals surface area (Å²) in [5.41, 5.74) is 1.93. The summed E-state index contributed by atoms with van der Waals surface area (Å²) >= 11 is 0. The van der Waals surface area contributed by atoms with Gasteiger partial charge in [-0.25, -0.2) is 0 Å². The van der Waals surface area contributed by atoms with Crippen molar-refractivity contribution in [3.63, 3.8) is 0 Å². The van der Waals surface area contributed by atoms with E-state index in [2.05, 4.69) is 15.5 Å². The topological polar surface area (TPSA) is 87.2 Å². The van der Waals surface area contributed by atoms with Gasteiger partial charge in [0, 0.05) is 5.56 Å². The van der Waals surface area contributed by atoms with Crippen molar-refractivity contribution in [1.82, 2.24) is 15.5 Å². The van der Waals surface area contributed by atoms with E-state index in [1.165, 1.54) is 6.20 Å². The number of nitrogens with zero attached hydrogens (tertiary/aromatic N) is 1. The molecule has 0 spiro atoms. The van der Waals surface area contributed by atoms with Crippen molar-refractivity contribution in [2.75, 3.05) is 13.7 Å². The van der Waals surface area contributed by atoms with Gasteiger partial charge in [-0.3, -0.25) is 9.89 Å². The predicted octanol–water partition coefficient (Wildman–Crippen LogP) is 1.83. The molecule has 1 unspecified atom stereocenters. The summed E-state index contributed by atoms with van der Waals surface area (Å²) in [6, 6.07) is 7.07. The number of carbonyl (C=O) groups is 1. The zero-order valence-electron chi connectivity index (χ0n) is 13.0. The average molecular weight is 303 g/mol.